The number of ether oxygens (including phenoxy) is 1. The summed E-state index contributed by atoms with van der Waals surface area (Å²) in [6, 6.07) is 0. The Kier molecular flexibility index (Phi) is 1.20. The molecule has 1 nitrogen and oxygen atoms in total. The van der Waals surface area contributed by atoms with Crippen molar-refractivity contribution < 1.29 is 4.74 Å². The summed E-state index contributed by atoms with van der Waals surface area (Å²) in [6.45, 7) is 2.13. The third-order valence-corrected chi connectivity index (χ3v) is 3.27. The molecule has 0 saturated heterocycles. The van der Waals surface area contributed by atoms with E-state index in [2.05, 4.69) is 41.7 Å². The predicted molar refractivity (Wildman–Crippen MR) is 44.5 cm³/mol. The molecule has 9 heavy (non-hydrogen) atoms. The highest BCUT2D eigenvalue weighted by Crippen LogP contribution is 2.37. The van der Waals surface area contributed by atoms with E-state index in [0.717, 1.165) is 0 Å². The lowest BCUT2D eigenvalue weighted by atomic mass is 10.1. The summed E-state index contributed by atoms with van der Waals surface area (Å²) < 4.78 is 6.88. The molecule has 0 saturated carbocycles. The quantitative estimate of drug-likeness (QED) is 0.460. The smallest absolute Gasteiger partial charge is 0.108 e. The van der Waals surface area contributed by atoms with Crippen molar-refractivity contribution >= 4 is 22.6 Å². The van der Waals surface area contributed by atoms with Gasteiger partial charge in [-0.25, -0.2) is 0 Å². The third kappa shape index (κ3) is 0.694. The SMILES string of the molecule is CC1=C(I)C2C=CC1O2. The molecule has 0 spiro atoms. The van der Waals surface area contributed by atoms with Crippen molar-refractivity contribution in [2.75, 3.05) is 0 Å². The van der Waals surface area contributed by atoms with E-state index < -0.39 is 0 Å². The molecular weight excluding hydrogens is 227 g/mol. The molecule has 2 aliphatic rings. The van der Waals surface area contributed by atoms with Crippen LogP contribution in [0.15, 0.2) is 21.3 Å². The van der Waals surface area contributed by atoms with Gasteiger partial charge in [-0.1, -0.05) is 12.2 Å². The monoisotopic (exact) mass is 234 g/mol. The number of halogens is 1. The van der Waals surface area contributed by atoms with Crippen LogP contribution >= 0.6 is 22.6 Å². The fourth-order valence-electron chi connectivity index (χ4n) is 1.20. The van der Waals surface area contributed by atoms with E-state index in [1.54, 1.807) is 0 Å². The molecule has 0 fully saturated rings. The van der Waals surface area contributed by atoms with Gasteiger partial charge in [0.05, 0.1) is 6.10 Å². The molecule has 0 amide bonds. The molecule has 0 aromatic rings. The van der Waals surface area contributed by atoms with Gasteiger partial charge in [0.15, 0.2) is 0 Å². The lowest BCUT2D eigenvalue weighted by molar-refractivity contribution is 0.131. The lowest BCUT2D eigenvalue weighted by Crippen LogP contribution is -2.00. The summed E-state index contributed by atoms with van der Waals surface area (Å²) in [6.07, 6.45) is 4.86. The molecule has 0 aliphatic carbocycles. The first-order valence-electron chi connectivity index (χ1n) is 2.99. The van der Waals surface area contributed by atoms with Crippen molar-refractivity contribution in [2.45, 2.75) is 19.1 Å². The molecular formula is C7H7IO. The summed E-state index contributed by atoms with van der Waals surface area (Å²) >= 11 is 2.35. The number of hydrogen-bond acceptors (Lipinski definition) is 1. The second-order valence-electron chi connectivity index (χ2n) is 2.39. The maximum atomic E-state index is 5.50. The summed E-state index contributed by atoms with van der Waals surface area (Å²) in [5.74, 6) is 0. The molecule has 0 aromatic heterocycles. The number of fused-ring (bicyclic) bond motifs is 2. The van der Waals surface area contributed by atoms with Crippen molar-refractivity contribution in [3.8, 4) is 0 Å². The standard InChI is InChI=1S/C7H7IO/c1-4-5-2-3-6(9-5)7(4)8/h2-3,5-6H,1H3. The second-order valence-corrected chi connectivity index (χ2v) is 3.56. The highest BCUT2D eigenvalue weighted by molar-refractivity contribution is 14.1. The van der Waals surface area contributed by atoms with Crippen LogP contribution < -0.4 is 0 Å². The van der Waals surface area contributed by atoms with Crippen LogP contribution in [0.5, 0.6) is 0 Å². The first-order valence-corrected chi connectivity index (χ1v) is 4.07. The third-order valence-electron chi connectivity index (χ3n) is 1.81. The highest BCUT2D eigenvalue weighted by Gasteiger charge is 2.31. The van der Waals surface area contributed by atoms with Crippen LogP contribution in [-0.4, -0.2) is 12.2 Å². The molecule has 2 heterocycles. The van der Waals surface area contributed by atoms with Gasteiger partial charge in [-0.3, -0.25) is 0 Å². The van der Waals surface area contributed by atoms with Crippen molar-refractivity contribution in [2.24, 2.45) is 0 Å². The molecule has 2 unspecified atom stereocenters. The van der Waals surface area contributed by atoms with Crippen LogP contribution in [0.2, 0.25) is 0 Å². The average Bonchev–Trinajstić information content (AvgIpc) is 2.37. The van der Waals surface area contributed by atoms with E-state index >= 15 is 0 Å². The van der Waals surface area contributed by atoms with E-state index in [4.69, 9.17) is 4.74 Å². The van der Waals surface area contributed by atoms with Crippen molar-refractivity contribution in [3.63, 3.8) is 0 Å². The van der Waals surface area contributed by atoms with Crippen molar-refractivity contribution in [1.82, 2.24) is 0 Å². The molecule has 2 atom stereocenters. The van der Waals surface area contributed by atoms with Crippen LogP contribution in [0, 0.1) is 0 Å². The lowest BCUT2D eigenvalue weighted by Gasteiger charge is -2.00. The van der Waals surface area contributed by atoms with Crippen LogP contribution in [0.3, 0.4) is 0 Å². The molecule has 48 valence electrons. The fourth-order valence-corrected chi connectivity index (χ4v) is 1.86. The topological polar surface area (TPSA) is 9.23 Å². The minimum absolute atomic E-state index is 0.301. The van der Waals surface area contributed by atoms with Gasteiger partial charge >= 0.3 is 0 Å². The van der Waals surface area contributed by atoms with Crippen LogP contribution in [0.25, 0.3) is 0 Å². The van der Waals surface area contributed by atoms with Gasteiger partial charge in [0, 0.05) is 3.58 Å². The van der Waals surface area contributed by atoms with Gasteiger partial charge < -0.3 is 4.74 Å². The van der Waals surface area contributed by atoms with Crippen molar-refractivity contribution in [1.29, 1.82) is 0 Å². The van der Waals surface area contributed by atoms with Crippen LogP contribution in [-0.2, 0) is 4.74 Å². The Balaban J connectivity index is 2.41. The van der Waals surface area contributed by atoms with Gasteiger partial charge in [-0.15, -0.1) is 0 Å². The normalized spacial score (nSPS) is 38.9. The fraction of sp³-hybridized carbons (Fsp3) is 0.429. The Morgan fingerprint density at radius 2 is 2.11 bits per heavy atom. The largest absolute Gasteiger partial charge is 0.357 e. The molecule has 2 bridgehead atoms. The molecule has 0 N–H and O–H groups in total. The molecule has 2 aliphatic heterocycles. The Bertz CT molecular complexity index is 185. The molecule has 2 rings (SSSR count). The molecule has 2 heteroatoms. The second kappa shape index (κ2) is 1.83. The van der Waals surface area contributed by atoms with E-state index in [-0.39, 0.29) is 0 Å². The maximum Gasteiger partial charge on any atom is 0.108 e. The van der Waals surface area contributed by atoms with Crippen LogP contribution in [0.1, 0.15) is 6.92 Å². The summed E-state index contributed by atoms with van der Waals surface area (Å²) in [5.41, 5.74) is 1.39. The Hall–Kier alpha value is 0.170. The zero-order valence-corrected chi connectivity index (χ0v) is 7.25. The van der Waals surface area contributed by atoms with Gasteiger partial charge in [-0.05, 0) is 35.1 Å². The zero-order chi connectivity index (χ0) is 6.43. The maximum absolute atomic E-state index is 5.50. The van der Waals surface area contributed by atoms with E-state index in [0.29, 0.717) is 12.2 Å². The summed E-state index contributed by atoms with van der Waals surface area (Å²) in [5, 5.41) is 0. The Morgan fingerprint density at radius 1 is 1.44 bits per heavy atom. The summed E-state index contributed by atoms with van der Waals surface area (Å²) in [7, 11) is 0. The van der Waals surface area contributed by atoms with Crippen LogP contribution in [0.4, 0.5) is 0 Å². The molecule has 0 aromatic carbocycles. The first-order chi connectivity index (χ1) is 4.29. The number of rotatable bonds is 0. The van der Waals surface area contributed by atoms with E-state index in [1.165, 1.54) is 9.15 Å². The van der Waals surface area contributed by atoms with E-state index in [1.807, 2.05) is 0 Å². The molecule has 0 radical (unpaired) electrons. The highest BCUT2D eigenvalue weighted by atomic mass is 127. The number of hydrogen-bond donors (Lipinski definition) is 0. The minimum Gasteiger partial charge on any atom is -0.357 e. The van der Waals surface area contributed by atoms with E-state index in [9.17, 15) is 0 Å². The van der Waals surface area contributed by atoms with Gasteiger partial charge in [0.1, 0.15) is 6.10 Å². The van der Waals surface area contributed by atoms with Gasteiger partial charge in [0.2, 0.25) is 0 Å². The van der Waals surface area contributed by atoms with Crippen molar-refractivity contribution in [3.05, 3.63) is 21.3 Å². The summed E-state index contributed by atoms with van der Waals surface area (Å²) in [4.78, 5) is 0. The average molecular weight is 234 g/mol. The Labute approximate surface area is 67.9 Å². The first kappa shape index (κ1) is 5.92. The van der Waals surface area contributed by atoms with Gasteiger partial charge in [-0.2, -0.15) is 0 Å². The predicted octanol–water partition coefficient (Wildman–Crippen LogP) is 2.03. The van der Waals surface area contributed by atoms with Gasteiger partial charge in [0.25, 0.3) is 0 Å². The Morgan fingerprint density at radius 3 is 2.44 bits per heavy atom. The zero-order valence-electron chi connectivity index (χ0n) is 5.10. The minimum atomic E-state index is 0.301.